The largest absolute Gasteiger partial charge is 0.370 e. The van der Waals surface area contributed by atoms with Crippen molar-refractivity contribution in [2.75, 3.05) is 24.0 Å². The van der Waals surface area contributed by atoms with Gasteiger partial charge in [-0.2, -0.15) is 9.44 Å². The molecule has 0 amide bonds. The van der Waals surface area contributed by atoms with Crippen LogP contribution in [0, 0.1) is 0 Å². The molecule has 8 nitrogen and oxygen atoms in total. The summed E-state index contributed by atoms with van der Waals surface area (Å²) in [5.41, 5.74) is 1.35. The zero-order chi connectivity index (χ0) is 18.7. The molecule has 0 aliphatic carbocycles. The van der Waals surface area contributed by atoms with Crippen molar-refractivity contribution in [2.24, 2.45) is 0 Å². The lowest BCUT2D eigenvalue weighted by Crippen LogP contribution is -2.34. The molecular formula is C14H12Cl2N4O4S2. The second kappa shape index (κ2) is 5.98. The maximum atomic E-state index is 12.2. The monoisotopic (exact) mass is 434 g/mol. The first-order valence-electron chi connectivity index (χ1n) is 7.33. The summed E-state index contributed by atoms with van der Waals surface area (Å²) in [4.78, 5) is 0.0205. The molecule has 4 rings (SSSR count). The third-order valence-corrected chi connectivity index (χ3v) is 7.60. The van der Waals surface area contributed by atoms with Crippen LogP contribution in [0.5, 0.6) is 0 Å². The first-order valence-corrected chi connectivity index (χ1v) is 11.1. The SMILES string of the molecule is O=S1(=O)NCNc2cc(Cl)c(-c3cc4c(cc3Cl)NCNS4(=O)=O)cc21. The van der Waals surface area contributed by atoms with Gasteiger partial charge in [-0.3, -0.25) is 0 Å². The van der Waals surface area contributed by atoms with Gasteiger partial charge in [0.25, 0.3) is 0 Å². The van der Waals surface area contributed by atoms with Gasteiger partial charge in [-0.1, -0.05) is 23.2 Å². The Morgan fingerprint density at radius 3 is 1.46 bits per heavy atom. The molecule has 0 atom stereocenters. The Balaban J connectivity index is 1.97. The topological polar surface area (TPSA) is 116 Å². The Labute approximate surface area is 160 Å². The summed E-state index contributed by atoms with van der Waals surface area (Å²) in [5, 5.41) is 6.26. The standard InChI is InChI=1S/C14H12Cl2N4O4S2/c15-9-3-11-13(25(21,22)19-5-17-11)1-7(9)8-2-14-12(4-10(8)16)18-6-20-26(14,23)24/h1-4,17-20H,5-6H2. The molecular weight excluding hydrogens is 423 g/mol. The van der Waals surface area contributed by atoms with E-state index in [1.54, 1.807) is 0 Å². The fourth-order valence-electron chi connectivity index (χ4n) is 2.85. The molecule has 2 heterocycles. The van der Waals surface area contributed by atoms with Crippen LogP contribution >= 0.6 is 23.2 Å². The lowest BCUT2D eigenvalue weighted by molar-refractivity contribution is 0.579. The minimum atomic E-state index is -3.70. The van der Waals surface area contributed by atoms with Gasteiger partial charge in [0, 0.05) is 11.1 Å². The number of hydrogen-bond acceptors (Lipinski definition) is 6. The summed E-state index contributed by atoms with van der Waals surface area (Å²) in [6.45, 7) is 0.111. The van der Waals surface area contributed by atoms with Gasteiger partial charge < -0.3 is 10.6 Å². The van der Waals surface area contributed by atoms with Gasteiger partial charge in [0.2, 0.25) is 20.0 Å². The Bertz CT molecular complexity index is 1060. The van der Waals surface area contributed by atoms with E-state index in [4.69, 9.17) is 23.2 Å². The van der Waals surface area contributed by atoms with Crippen LogP contribution in [-0.2, 0) is 20.0 Å². The zero-order valence-electron chi connectivity index (χ0n) is 12.9. The molecule has 138 valence electrons. The van der Waals surface area contributed by atoms with E-state index >= 15 is 0 Å². The number of sulfonamides is 2. The van der Waals surface area contributed by atoms with E-state index in [1.165, 1.54) is 24.3 Å². The molecule has 2 aliphatic heterocycles. The molecule has 26 heavy (non-hydrogen) atoms. The summed E-state index contributed by atoms with van der Waals surface area (Å²) in [6, 6.07) is 5.70. The number of benzene rings is 2. The smallest absolute Gasteiger partial charge is 0.244 e. The van der Waals surface area contributed by atoms with Crippen LogP contribution in [0.4, 0.5) is 11.4 Å². The van der Waals surface area contributed by atoms with Crippen LogP contribution in [0.25, 0.3) is 11.1 Å². The van der Waals surface area contributed by atoms with Crippen LogP contribution in [0.1, 0.15) is 0 Å². The predicted octanol–water partition coefficient (Wildman–Crippen LogP) is 1.98. The Morgan fingerprint density at radius 1 is 0.692 bits per heavy atom. The van der Waals surface area contributed by atoms with Crippen molar-refractivity contribution < 1.29 is 16.8 Å². The molecule has 0 fully saturated rings. The van der Waals surface area contributed by atoms with Crippen LogP contribution in [-0.4, -0.2) is 30.2 Å². The highest BCUT2D eigenvalue weighted by molar-refractivity contribution is 7.90. The molecule has 0 saturated carbocycles. The second-order valence-electron chi connectivity index (χ2n) is 5.66. The van der Waals surface area contributed by atoms with Gasteiger partial charge >= 0.3 is 0 Å². The van der Waals surface area contributed by atoms with Gasteiger partial charge in [-0.05, 0) is 24.3 Å². The molecule has 0 spiro atoms. The minimum Gasteiger partial charge on any atom is -0.370 e. The van der Waals surface area contributed by atoms with Gasteiger partial charge in [0.15, 0.2) is 0 Å². The number of halogens is 2. The molecule has 0 unspecified atom stereocenters. The molecule has 2 aromatic carbocycles. The van der Waals surface area contributed by atoms with E-state index in [9.17, 15) is 16.8 Å². The van der Waals surface area contributed by atoms with Crippen LogP contribution in [0.15, 0.2) is 34.1 Å². The van der Waals surface area contributed by atoms with Gasteiger partial charge in [0.05, 0.1) is 34.8 Å². The number of nitrogens with one attached hydrogen (secondary N) is 4. The van der Waals surface area contributed by atoms with Crippen LogP contribution < -0.4 is 20.1 Å². The second-order valence-corrected chi connectivity index (χ2v) is 9.94. The predicted molar refractivity (Wildman–Crippen MR) is 99.5 cm³/mol. The van der Waals surface area contributed by atoms with E-state index in [0.717, 1.165) is 0 Å². The summed E-state index contributed by atoms with van der Waals surface area (Å²) in [5.74, 6) is 0. The summed E-state index contributed by atoms with van der Waals surface area (Å²) in [6.07, 6.45) is 0. The Kier molecular flexibility index (Phi) is 4.10. The normalized spacial score (nSPS) is 19.6. The molecule has 0 saturated heterocycles. The van der Waals surface area contributed by atoms with Gasteiger partial charge in [0.1, 0.15) is 9.79 Å². The maximum absolute atomic E-state index is 12.2. The summed E-state index contributed by atoms with van der Waals surface area (Å²) < 4.78 is 53.7. The van der Waals surface area contributed by atoms with Crippen LogP contribution in [0.3, 0.4) is 0 Å². The van der Waals surface area contributed by atoms with Gasteiger partial charge in [-0.25, -0.2) is 16.8 Å². The zero-order valence-corrected chi connectivity index (χ0v) is 16.1. The number of anilines is 2. The minimum absolute atomic E-state index is 0.0102. The Morgan fingerprint density at radius 2 is 1.08 bits per heavy atom. The van der Waals surface area contributed by atoms with Crippen LogP contribution in [0.2, 0.25) is 10.0 Å². The first kappa shape index (κ1) is 17.8. The van der Waals surface area contributed by atoms with E-state index in [-0.39, 0.29) is 33.2 Å². The highest BCUT2D eigenvalue weighted by Gasteiger charge is 2.28. The number of hydrogen-bond donors (Lipinski definition) is 4. The highest BCUT2D eigenvalue weighted by atomic mass is 35.5. The molecule has 4 N–H and O–H groups in total. The fraction of sp³-hybridized carbons (Fsp3) is 0.143. The van der Waals surface area contributed by atoms with Gasteiger partial charge in [-0.15, -0.1) is 0 Å². The Hall–Kier alpha value is -1.56. The molecule has 0 radical (unpaired) electrons. The first-order chi connectivity index (χ1) is 12.2. The molecule has 0 bridgehead atoms. The number of rotatable bonds is 1. The van der Waals surface area contributed by atoms with Crippen molar-refractivity contribution >= 4 is 54.6 Å². The van der Waals surface area contributed by atoms with Crippen molar-refractivity contribution in [1.82, 2.24) is 9.44 Å². The van der Waals surface area contributed by atoms with E-state index in [0.29, 0.717) is 22.5 Å². The van der Waals surface area contributed by atoms with Crippen molar-refractivity contribution in [3.63, 3.8) is 0 Å². The lowest BCUT2D eigenvalue weighted by atomic mass is 10.0. The molecule has 12 heteroatoms. The van der Waals surface area contributed by atoms with Crippen molar-refractivity contribution in [3.8, 4) is 11.1 Å². The van der Waals surface area contributed by atoms with E-state index < -0.39 is 20.0 Å². The molecule has 2 aromatic rings. The molecule has 2 aliphatic rings. The summed E-state index contributed by atoms with van der Waals surface area (Å²) >= 11 is 12.6. The summed E-state index contributed by atoms with van der Waals surface area (Å²) in [7, 11) is -7.40. The lowest BCUT2D eigenvalue weighted by Gasteiger charge is -2.23. The number of fused-ring (bicyclic) bond motifs is 2. The quantitative estimate of drug-likeness (QED) is 0.545. The molecule has 0 aromatic heterocycles. The van der Waals surface area contributed by atoms with Crippen molar-refractivity contribution in [2.45, 2.75) is 9.79 Å². The highest BCUT2D eigenvalue weighted by Crippen LogP contribution is 2.42. The average Bonchev–Trinajstić information content (AvgIpc) is 2.54. The fourth-order valence-corrected chi connectivity index (χ4v) is 5.60. The van der Waals surface area contributed by atoms with E-state index in [1.807, 2.05) is 0 Å². The van der Waals surface area contributed by atoms with Crippen molar-refractivity contribution in [1.29, 1.82) is 0 Å². The third kappa shape index (κ3) is 2.82. The van der Waals surface area contributed by atoms with Crippen molar-refractivity contribution in [3.05, 3.63) is 34.3 Å². The maximum Gasteiger partial charge on any atom is 0.244 e. The average molecular weight is 435 g/mol. The van der Waals surface area contributed by atoms with E-state index in [2.05, 4.69) is 20.1 Å². The third-order valence-electron chi connectivity index (χ3n) is 4.09.